The first-order valence-corrected chi connectivity index (χ1v) is 8.76. The number of hydrogen-bond donors (Lipinski definition) is 0. The van der Waals surface area contributed by atoms with Crippen LogP contribution in [0, 0.1) is 0 Å². The largest absolute Gasteiger partial charge is 0.346 e. The quantitative estimate of drug-likeness (QED) is 0.725. The van der Waals surface area contributed by atoms with Gasteiger partial charge in [0.1, 0.15) is 6.33 Å². The first-order chi connectivity index (χ1) is 10.5. The zero-order valence-electron chi connectivity index (χ0n) is 12.7. The van der Waals surface area contributed by atoms with Crippen LogP contribution in [-0.4, -0.2) is 64.6 Å². The van der Waals surface area contributed by atoms with E-state index >= 15 is 0 Å². The van der Waals surface area contributed by atoms with Crippen molar-refractivity contribution >= 4 is 16.1 Å². The average molecular weight is 327 g/mol. The lowest BCUT2D eigenvalue weighted by Crippen LogP contribution is -2.36. The van der Waals surface area contributed by atoms with E-state index in [2.05, 4.69) is 16.7 Å². The SMILES string of the molecule is C=CCN(CCC)C(=O)n1cnc(S(=O)(=O)N2CCCC2)n1. The van der Waals surface area contributed by atoms with Gasteiger partial charge >= 0.3 is 6.03 Å². The van der Waals surface area contributed by atoms with Gasteiger partial charge < -0.3 is 4.90 Å². The Morgan fingerprint density at radius 3 is 2.73 bits per heavy atom. The minimum absolute atomic E-state index is 0.321. The predicted octanol–water partition coefficient (Wildman–Crippen LogP) is 0.929. The molecule has 1 aliphatic heterocycles. The van der Waals surface area contributed by atoms with Gasteiger partial charge in [-0.2, -0.15) is 8.99 Å². The smallest absolute Gasteiger partial charge is 0.319 e. The maximum absolute atomic E-state index is 12.3. The molecule has 0 aromatic carbocycles. The lowest BCUT2D eigenvalue weighted by Gasteiger charge is -2.19. The second-order valence-corrected chi connectivity index (χ2v) is 6.93. The molecular weight excluding hydrogens is 306 g/mol. The molecule has 1 aromatic heterocycles. The molecule has 122 valence electrons. The van der Waals surface area contributed by atoms with Crippen LogP contribution < -0.4 is 0 Å². The predicted molar refractivity (Wildman–Crippen MR) is 80.9 cm³/mol. The Morgan fingerprint density at radius 2 is 2.14 bits per heavy atom. The summed E-state index contributed by atoms with van der Waals surface area (Å²) in [6, 6.07) is -0.405. The van der Waals surface area contributed by atoms with Gasteiger partial charge in [0.15, 0.2) is 0 Å². The van der Waals surface area contributed by atoms with Gasteiger partial charge in [0, 0.05) is 26.2 Å². The molecule has 0 radical (unpaired) electrons. The van der Waals surface area contributed by atoms with E-state index in [1.807, 2.05) is 6.92 Å². The molecule has 9 heteroatoms. The lowest BCUT2D eigenvalue weighted by atomic mass is 10.4. The van der Waals surface area contributed by atoms with E-state index in [9.17, 15) is 13.2 Å². The summed E-state index contributed by atoms with van der Waals surface area (Å²) < 4.78 is 27.0. The van der Waals surface area contributed by atoms with Crippen molar-refractivity contribution in [3.8, 4) is 0 Å². The Hall–Kier alpha value is -1.74. The number of amides is 1. The average Bonchev–Trinajstić information content (AvgIpc) is 3.17. The fraction of sp³-hybridized carbons (Fsp3) is 0.615. The zero-order valence-corrected chi connectivity index (χ0v) is 13.5. The molecule has 1 fully saturated rings. The summed E-state index contributed by atoms with van der Waals surface area (Å²) >= 11 is 0. The minimum Gasteiger partial charge on any atom is -0.319 e. The number of aromatic nitrogens is 3. The Labute approximate surface area is 130 Å². The summed E-state index contributed by atoms with van der Waals surface area (Å²) in [5.41, 5.74) is 0. The molecule has 22 heavy (non-hydrogen) atoms. The zero-order chi connectivity index (χ0) is 16.2. The van der Waals surface area contributed by atoms with Crippen LogP contribution in [0.5, 0.6) is 0 Å². The van der Waals surface area contributed by atoms with Crippen LogP contribution in [0.25, 0.3) is 0 Å². The molecule has 2 heterocycles. The van der Waals surface area contributed by atoms with E-state index in [0.717, 1.165) is 30.3 Å². The molecule has 2 rings (SSSR count). The van der Waals surface area contributed by atoms with Gasteiger partial charge in [0.05, 0.1) is 0 Å². The van der Waals surface area contributed by atoms with E-state index in [1.54, 1.807) is 6.08 Å². The molecule has 1 saturated heterocycles. The molecule has 0 saturated carbocycles. The lowest BCUT2D eigenvalue weighted by molar-refractivity contribution is 0.201. The Kier molecular flexibility index (Phi) is 5.30. The summed E-state index contributed by atoms with van der Waals surface area (Å²) in [5.74, 6) is 0. The fourth-order valence-corrected chi connectivity index (χ4v) is 3.68. The second-order valence-electron chi connectivity index (χ2n) is 5.10. The van der Waals surface area contributed by atoms with Crippen molar-refractivity contribution in [2.75, 3.05) is 26.2 Å². The number of nitrogens with zero attached hydrogens (tertiary/aromatic N) is 5. The van der Waals surface area contributed by atoms with Gasteiger partial charge in [-0.05, 0) is 19.3 Å². The number of carbonyl (C=O) groups is 1. The fourth-order valence-electron chi connectivity index (χ4n) is 2.34. The molecule has 1 aliphatic rings. The van der Waals surface area contributed by atoms with Gasteiger partial charge in [-0.3, -0.25) is 0 Å². The molecule has 0 N–H and O–H groups in total. The van der Waals surface area contributed by atoms with Gasteiger partial charge in [0.25, 0.3) is 15.2 Å². The van der Waals surface area contributed by atoms with Crippen molar-refractivity contribution in [2.24, 2.45) is 0 Å². The summed E-state index contributed by atoms with van der Waals surface area (Å²) in [6.07, 6.45) is 5.22. The third kappa shape index (κ3) is 3.36. The molecule has 0 bridgehead atoms. The van der Waals surface area contributed by atoms with Crippen molar-refractivity contribution in [3.63, 3.8) is 0 Å². The molecule has 0 atom stereocenters. The Balaban J connectivity index is 2.19. The van der Waals surface area contributed by atoms with Crippen LogP contribution >= 0.6 is 0 Å². The van der Waals surface area contributed by atoms with Crippen molar-refractivity contribution in [1.29, 1.82) is 0 Å². The molecule has 0 spiro atoms. The second kappa shape index (κ2) is 7.01. The highest BCUT2D eigenvalue weighted by Crippen LogP contribution is 2.17. The number of carbonyl (C=O) groups excluding carboxylic acids is 1. The van der Waals surface area contributed by atoms with Crippen LogP contribution in [0.2, 0.25) is 0 Å². The van der Waals surface area contributed by atoms with Gasteiger partial charge in [-0.25, -0.2) is 18.2 Å². The maximum atomic E-state index is 12.3. The van der Waals surface area contributed by atoms with Crippen LogP contribution in [-0.2, 0) is 10.0 Å². The van der Waals surface area contributed by atoms with Crippen molar-refractivity contribution < 1.29 is 13.2 Å². The third-order valence-electron chi connectivity index (χ3n) is 3.42. The van der Waals surface area contributed by atoms with Crippen LogP contribution in [0.3, 0.4) is 0 Å². The van der Waals surface area contributed by atoms with E-state index < -0.39 is 16.1 Å². The van der Waals surface area contributed by atoms with Crippen LogP contribution in [0.1, 0.15) is 26.2 Å². The monoisotopic (exact) mass is 327 g/mol. The molecule has 1 aromatic rings. The minimum atomic E-state index is -3.70. The van der Waals surface area contributed by atoms with Crippen molar-refractivity contribution in [3.05, 3.63) is 19.0 Å². The van der Waals surface area contributed by atoms with E-state index in [1.165, 1.54) is 9.21 Å². The van der Waals surface area contributed by atoms with Gasteiger partial charge in [0.2, 0.25) is 0 Å². The van der Waals surface area contributed by atoms with E-state index in [-0.39, 0.29) is 5.16 Å². The first kappa shape index (κ1) is 16.6. The summed E-state index contributed by atoms with van der Waals surface area (Å²) in [4.78, 5) is 17.7. The van der Waals surface area contributed by atoms with Gasteiger partial charge in [-0.15, -0.1) is 11.7 Å². The van der Waals surface area contributed by atoms with Crippen LogP contribution in [0.4, 0.5) is 4.79 Å². The van der Waals surface area contributed by atoms with Crippen molar-refractivity contribution in [1.82, 2.24) is 24.0 Å². The summed E-state index contributed by atoms with van der Waals surface area (Å²) in [6.45, 7) is 7.43. The van der Waals surface area contributed by atoms with Crippen LogP contribution in [0.15, 0.2) is 24.1 Å². The maximum Gasteiger partial charge on any atom is 0.346 e. The third-order valence-corrected chi connectivity index (χ3v) is 5.11. The Bertz CT molecular complexity index is 634. The summed E-state index contributed by atoms with van der Waals surface area (Å²) in [5, 5.41) is 3.54. The standard InChI is InChI=1S/C13H21N5O3S/c1-3-7-16(8-4-2)13(19)18-11-14-12(15-18)22(20,21)17-9-5-6-10-17/h3,11H,1,4-10H2,2H3. The molecule has 1 amide bonds. The van der Waals surface area contributed by atoms with Crippen molar-refractivity contribution in [2.45, 2.75) is 31.3 Å². The molecule has 0 aliphatic carbocycles. The highest BCUT2D eigenvalue weighted by Gasteiger charge is 2.31. The highest BCUT2D eigenvalue weighted by atomic mass is 32.2. The highest BCUT2D eigenvalue weighted by molar-refractivity contribution is 7.88. The molecule has 0 unspecified atom stereocenters. The Morgan fingerprint density at radius 1 is 1.45 bits per heavy atom. The number of hydrogen-bond acceptors (Lipinski definition) is 5. The molecular formula is C13H21N5O3S. The van der Waals surface area contributed by atoms with E-state index in [4.69, 9.17) is 0 Å². The number of rotatable bonds is 6. The summed E-state index contributed by atoms with van der Waals surface area (Å²) in [7, 11) is -3.70. The molecule has 8 nitrogen and oxygen atoms in total. The number of sulfonamides is 1. The van der Waals surface area contributed by atoms with Gasteiger partial charge in [-0.1, -0.05) is 13.0 Å². The van der Waals surface area contributed by atoms with E-state index in [0.29, 0.717) is 26.2 Å². The normalized spacial score (nSPS) is 15.9. The topological polar surface area (TPSA) is 88.4 Å². The first-order valence-electron chi connectivity index (χ1n) is 7.32.